The van der Waals surface area contributed by atoms with Crippen molar-refractivity contribution < 1.29 is 0 Å². The maximum Gasteiger partial charge on any atom is 0.0524 e. The van der Waals surface area contributed by atoms with Gasteiger partial charge in [0, 0.05) is 12.7 Å². The highest BCUT2D eigenvalue weighted by Crippen LogP contribution is 2.38. The van der Waals surface area contributed by atoms with Crippen LogP contribution >= 0.6 is 0 Å². The predicted octanol–water partition coefficient (Wildman–Crippen LogP) is 2.79. The predicted molar refractivity (Wildman–Crippen MR) is 71.1 cm³/mol. The van der Waals surface area contributed by atoms with Crippen molar-refractivity contribution in [2.75, 3.05) is 13.1 Å². The molecule has 17 heavy (non-hydrogen) atoms. The molecule has 1 aliphatic carbocycles. The molecule has 0 bridgehead atoms. The summed E-state index contributed by atoms with van der Waals surface area (Å²) in [6.45, 7) is 7.68. The number of aryl methyl sites for hydroxylation is 1. The molecule has 0 aromatic carbocycles. The van der Waals surface area contributed by atoms with E-state index in [9.17, 15) is 0 Å². The van der Waals surface area contributed by atoms with E-state index >= 15 is 0 Å². The van der Waals surface area contributed by atoms with Crippen LogP contribution in [0, 0.1) is 5.92 Å². The maximum absolute atomic E-state index is 4.41. The van der Waals surface area contributed by atoms with E-state index < -0.39 is 0 Å². The largest absolute Gasteiger partial charge is 0.316 e. The Balaban J connectivity index is 1.94. The van der Waals surface area contributed by atoms with Gasteiger partial charge in [0.25, 0.3) is 0 Å². The van der Waals surface area contributed by atoms with Crippen molar-refractivity contribution in [1.29, 1.82) is 0 Å². The van der Waals surface area contributed by atoms with E-state index in [1.54, 1.807) is 0 Å². The Morgan fingerprint density at radius 1 is 1.41 bits per heavy atom. The second-order valence-corrected chi connectivity index (χ2v) is 5.13. The van der Waals surface area contributed by atoms with Crippen molar-refractivity contribution in [3.8, 4) is 0 Å². The molecule has 3 heteroatoms. The first-order valence-corrected chi connectivity index (χ1v) is 7.08. The Morgan fingerprint density at radius 3 is 3.00 bits per heavy atom. The van der Waals surface area contributed by atoms with Crippen molar-refractivity contribution in [2.45, 2.75) is 52.0 Å². The molecule has 0 spiro atoms. The fraction of sp³-hybridized carbons (Fsp3) is 0.786. The molecule has 2 rings (SSSR count). The van der Waals surface area contributed by atoms with Gasteiger partial charge in [-0.3, -0.25) is 4.68 Å². The Hall–Kier alpha value is -0.830. The third-order valence-electron chi connectivity index (χ3n) is 3.90. The third kappa shape index (κ3) is 3.09. The lowest BCUT2D eigenvalue weighted by Crippen LogP contribution is -2.25. The van der Waals surface area contributed by atoms with Crippen LogP contribution in [0.5, 0.6) is 0 Å². The number of rotatable bonds is 6. The molecule has 0 radical (unpaired) electrons. The van der Waals surface area contributed by atoms with E-state index in [0.717, 1.165) is 24.9 Å². The van der Waals surface area contributed by atoms with Crippen molar-refractivity contribution in [1.82, 2.24) is 15.1 Å². The summed E-state index contributed by atoms with van der Waals surface area (Å²) in [5.74, 6) is 1.55. The molecule has 1 N–H and O–H groups in total. The molecule has 0 saturated heterocycles. The lowest BCUT2D eigenvalue weighted by Gasteiger charge is -2.18. The molecule has 0 aliphatic heterocycles. The maximum atomic E-state index is 4.41. The van der Waals surface area contributed by atoms with Crippen LogP contribution in [0.3, 0.4) is 0 Å². The highest BCUT2D eigenvalue weighted by Gasteiger charge is 2.28. The van der Waals surface area contributed by atoms with Gasteiger partial charge < -0.3 is 5.32 Å². The van der Waals surface area contributed by atoms with E-state index in [0.29, 0.717) is 0 Å². The van der Waals surface area contributed by atoms with Crippen LogP contribution in [0.4, 0.5) is 0 Å². The Morgan fingerprint density at radius 2 is 2.29 bits per heavy atom. The van der Waals surface area contributed by atoms with E-state index in [4.69, 9.17) is 0 Å². The molecule has 1 aliphatic rings. The molecule has 1 fully saturated rings. The Bertz CT molecular complexity index is 332. The molecule has 1 saturated carbocycles. The molecule has 2 atom stereocenters. The second kappa shape index (κ2) is 6.20. The average Bonchev–Trinajstić information content (AvgIpc) is 2.96. The first-order chi connectivity index (χ1) is 8.35. The molecule has 1 aromatic rings. The van der Waals surface area contributed by atoms with Gasteiger partial charge in [0.1, 0.15) is 0 Å². The van der Waals surface area contributed by atoms with Crippen LogP contribution in [0.25, 0.3) is 0 Å². The zero-order chi connectivity index (χ0) is 12.1. The summed E-state index contributed by atoms with van der Waals surface area (Å²) in [5.41, 5.74) is 1.45. The summed E-state index contributed by atoms with van der Waals surface area (Å²) in [4.78, 5) is 0. The smallest absolute Gasteiger partial charge is 0.0524 e. The first kappa shape index (κ1) is 12.6. The normalized spacial score (nSPS) is 24.4. The summed E-state index contributed by atoms with van der Waals surface area (Å²) in [5, 5.41) is 7.98. The Kier molecular flexibility index (Phi) is 4.60. The molecule has 2 unspecified atom stereocenters. The molecular formula is C14H25N3. The quantitative estimate of drug-likeness (QED) is 0.768. The number of hydrogen-bond acceptors (Lipinski definition) is 2. The minimum atomic E-state index is 0.736. The van der Waals surface area contributed by atoms with Crippen LogP contribution in [0.1, 0.15) is 51.0 Å². The first-order valence-electron chi connectivity index (χ1n) is 7.08. The summed E-state index contributed by atoms with van der Waals surface area (Å²) in [7, 11) is 0. The number of nitrogens with zero attached hydrogens (tertiary/aromatic N) is 2. The Labute approximate surface area is 105 Å². The fourth-order valence-electron chi connectivity index (χ4n) is 2.93. The monoisotopic (exact) mass is 235 g/mol. The van der Waals surface area contributed by atoms with Crippen molar-refractivity contribution >= 4 is 0 Å². The van der Waals surface area contributed by atoms with E-state index in [2.05, 4.69) is 36.7 Å². The molecular weight excluding hydrogens is 210 g/mol. The minimum absolute atomic E-state index is 0.736. The van der Waals surface area contributed by atoms with Crippen LogP contribution in [-0.4, -0.2) is 22.9 Å². The molecule has 1 aromatic heterocycles. The van der Waals surface area contributed by atoms with Crippen molar-refractivity contribution in [3.05, 3.63) is 18.0 Å². The van der Waals surface area contributed by atoms with Gasteiger partial charge in [0.05, 0.1) is 6.20 Å². The van der Waals surface area contributed by atoms with Gasteiger partial charge in [-0.1, -0.05) is 13.3 Å². The lowest BCUT2D eigenvalue weighted by atomic mass is 9.91. The van der Waals surface area contributed by atoms with Crippen LogP contribution in [-0.2, 0) is 6.54 Å². The molecule has 96 valence electrons. The van der Waals surface area contributed by atoms with E-state index in [1.807, 2.05) is 4.68 Å². The van der Waals surface area contributed by atoms with E-state index in [-0.39, 0.29) is 0 Å². The van der Waals surface area contributed by atoms with Gasteiger partial charge in [-0.05, 0) is 56.7 Å². The number of aromatic nitrogens is 2. The minimum Gasteiger partial charge on any atom is -0.316 e. The summed E-state index contributed by atoms with van der Waals surface area (Å²) in [6, 6.07) is 0. The summed E-state index contributed by atoms with van der Waals surface area (Å²) < 4.78 is 2.05. The third-order valence-corrected chi connectivity index (χ3v) is 3.90. The van der Waals surface area contributed by atoms with Gasteiger partial charge in [0.15, 0.2) is 0 Å². The van der Waals surface area contributed by atoms with Crippen LogP contribution in [0.2, 0.25) is 0 Å². The van der Waals surface area contributed by atoms with E-state index in [1.165, 1.54) is 37.8 Å². The van der Waals surface area contributed by atoms with Crippen LogP contribution in [0.15, 0.2) is 12.4 Å². The van der Waals surface area contributed by atoms with Gasteiger partial charge in [-0.15, -0.1) is 0 Å². The second-order valence-electron chi connectivity index (χ2n) is 5.13. The average molecular weight is 235 g/mol. The van der Waals surface area contributed by atoms with Crippen molar-refractivity contribution in [3.63, 3.8) is 0 Å². The van der Waals surface area contributed by atoms with Crippen molar-refractivity contribution in [2.24, 2.45) is 5.92 Å². The van der Waals surface area contributed by atoms with Gasteiger partial charge >= 0.3 is 0 Å². The van der Waals surface area contributed by atoms with Crippen LogP contribution < -0.4 is 5.32 Å². The highest BCUT2D eigenvalue weighted by atomic mass is 15.3. The standard InChI is InChI=1S/C14H25N3/c1-3-8-15-9-12-6-5-7-14(12)13-10-16-17(4-2)11-13/h10-12,14-15H,3-9H2,1-2H3. The zero-order valence-electron chi connectivity index (χ0n) is 11.2. The summed E-state index contributed by atoms with van der Waals surface area (Å²) >= 11 is 0. The lowest BCUT2D eigenvalue weighted by molar-refractivity contribution is 0.444. The van der Waals surface area contributed by atoms with Gasteiger partial charge in [-0.25, -0.2) is 0 Å². The SMILES string of the molecule is CCCNCC1CCCC1c1cnn(CC)c1. The van der Waals surface area contributed by atoms with Gasteiger partial charge in [-0.2, -0.15) is 5.10 Å². The topological polar surface area (TPSA) is 29.9 Å². The van der Waals surface area contributed by atoms with Gasteiger partial charge in [0.2, 0.25) is 0 Å². The fourth-order valence-corrected chi connectivity index (χ4v) is 2.93. The molecule has 3 nitrogen and oxygen atoms in total. The zero-order valence-corrected chi connectivity index (χ0v) is 11.2. The number of hydrogen-bond donors (Lipinski definition) is 1. The highest BCUT2D eigenvalue weighted by molar-refractivity contribution is 5.14. The number of nitrogens with one attached hydrogen (secondary N) is 1. The summed E-state index contributed by atoms with van der Waals surface area (Å²) in [6.07, 6.45) is 9.63. The molecule has 1 heterocycles. The molecule has 0 amide bonds.